The minimum Gasteiger partial charge on any atom is -0.480 e. The van der Waals surface area contributed by atoms with Crippen LogP contribution < -0.4 is 0 Å². The second kappa shape index (κ2) is 6.33. The molecule has 1 aliphatic rings. The minimum absolute atomic E-state index is 0.389. The molecule has 0 amide bonds. The number of likely N-dealkylation sites (tertiary alicyclic amines) is 1. The Morgan fingerprint density at radius 1 is 1.47 bits per heavy atom. The maximum atomic E-state index is 10.8. The van der Waals surface area contributed by atoms with Crippen molar-refractivity contribution in [1.29, 1.82) is 0 Å². The molecule has 0 aliphatic carbocycles. The van der Waals surface area contributed by atoms with Crippen molar-refractivity contribution >= 4 is 34.3 Å². The van der Waals surface area contributed by atoms with Gasteiger partial charge in [-0.25, -0.2) is 0 Å². The van der Waals surface area contributed by atoms with E-state index in [9.17, 15) is 4.79 Å². The van der Waals surface area contributed by atoms with E-state index in [2.05, 4.69) is 4.90 Å². The van der Waals surface area contributed by atoms with Crippen LogP contribution in [0.3, 0.4) is 0 Å². The molecule has 86 valence electrons. The molecule has 1 N–H and O–H groups in total. The van der Waals surface area contributed by atoms with Gasteiger partial charge >= 0.3 is 5.97 Å². The van der Waals surface area contributed by atoms with Gasteiger partial charge in [-0.3, -0.25) is 4.79 Å². The molecule has 3 nitrogen and oxygen atoms in total. The molecular formula is C10H17NO2S2. The first-order valence-electron chi connectivity index (χ1n) is 5.33. The highest BCUT2D eigenvalue weighted by molar-refractivity contribution is 8.23. The van der Waals surface area contributed by atoms with Crippen LogP contribution in [0.25, 0.3) is 0 Å². The van der Waals surface area contributed by atoms with Crippen LogP contribution in [-0.2, 0) is 4.79 Å². The molecule has 0 spiro atoms. The standard InChI is InChI=1S/C10H17NO2S2/c1-2-8(9(12)13)15-10(14)11-6-4-3-5-7-11/h8H,2-7H2,1H3,(H,12,13). The number of thioether (sulfide) groups is 1. The lowest BCUT2D eigenvalue weighted by Gasteiger charge is -2.29. The summed E-state index contributed by atoms with van der Waals surface area (Å²) in [5.74, 6) is -0.762. The maximum absolute atomic E-state index is 10.8. The third-order valence-corrected chi connectivity index (χ3v) is 4.33. The van der Waals surface area contributed by atoms with Gasteiger partial charge in [0.15, 0.2) is 0 Å². The quantitative estimate of drug-likeness (QED) is 0.775. The summed E-state index contributed by atoms with van der Waals surface area (Å²) < 4.78 is 0.754. The van der Waals surface area contributed by atoms with Crippen molar-refractivity contribution < 1.29 is 9.90 Å². The minimum atomic E-state index is -0.762. The van der Waals surface area contributed by atoms with Crippen LogP contribution in [0.5, 0.6) is 0 Å². The van der Waals surface area contributed by atoms with E-state index in [0.29, 0.717) is 6.42 Å². The molecule has 1 saturated heterocycles. The zero-order valence-electron chi connectivity index (χ0n) is 8.94. The lowest BCUT2D eigenvalue weighted by Crippen LogP contribution is -2.34. The molecule has 1 aliphatic heterocycles. The third-order valence-electron chi connectivity index (χ3n) is 2.50. The Labute approximate surface area is 100 Å². The van der Waals surface area contributed by atoms with E-state index in [-0.39, 0.29) is 5.25 Å². The van der Waals surface area contributed by atoms with E-state index >= 15 is 0 Å². The monoisotopic (exact) mass is 247 g/mol. The van der Waals surface area contributed by atoms with Crippen molar-refractivity contribution in [3.63, 3.8) is 0 Å². The summed E-state index contributed by atoms with van der Waals surface area (Å²) in [6.07, 6.45) is 4.23. The number of carboxylic acids is 1. The lowest BCUT2D eigenvalue weighted by molar-refractivity contribution is -0.136. The first-order valence-corrected chi connectivity index (χ1v) is 6.62. The average Bonchev–Trinajstić information content (AvgIpc) is 2.26. The number of carboxylic acid groups (broad SMARTS) is 1. The smallest absolute Gasteiger partial charge is 0.317 e. The fourth-order valence-electron chi connectivity index (χ4n) is 1.58. The summed E-state index contributed by atoms with van der Waals surface area (Å²) in [5.41, 5.74) is 0. The van der Waals surface area contributed by atoms with Crippen molar-refractivity contribution in [2.45, 2.75) is 37.9 Å². The first-order chi connectivity index (χ1) is 7.15. The number of thiocarbonyl (C=S) groups is 1. The highest BCUT2D eigenvalue weighted by atomic mass is 32.2. The SMILES string of the molecule is CCC(SC(=S)N1CCCCC1)C(=O)O. The summed E-state index contributed by atoms with van der Waals surface area (Å²) in [7, 11) is 0. The van der Waals surface area contributed by atoms with Gasteiger partial charge in [-0.15, -0.1) is 0 Å². The molecule has 1 unspecified atom stereocenters. The molecule has 1 heterocycles. The van der Waals surface area contributed by atoms with Crippen LogP contribution in [0.4, 0.5) is 0 Å². The molecule has 15 heavy (non-hydrogen) atoms. The zero-order chi connectivity index (χ0) is 11.3. The van der Waals surface area contributed by atoms with Crippen LogP contribution in [-0.4, -0.2) is 38.6 Å². The number of hydrogen-bond acceptors (Lipinski definition) is 3. The molecule has 0 aromatic carbocycles. The second-order valence-electron chi connectivity index (χ2n) is 3.67. The van der Waals surface area contributed by atoms with Gasteiger partial charge in [0.2, 0.25) is 0 Å². The van der Waals surface area contributed by atoms with Crippen molar-refractivity contribution in [3.8, 4) is 0 Å². The van der Waals surface area contributed by atoms with E-state index < -0.39 is 5.97 Å². The Balaban J connectivity index is 2.42. The predicted molar refractivity (Wildman–Crippen MR) is 67.3 cm³/mol. The van der Waals surface area contributed by atoms with Gasteiger partial charge in [-0.05, 0) is 25.7 Å². The third kappa shape index (κ3) is 3.99. The number of nitrogens with zero attached hydrogens (tertiary/aromatic N) is 1. The number of rotatable bonds is 3. The molecule has 0 saturated carbocycles. The molecule has 0 aromatic heterocycles. The Morgan fingerprint density at radius 3 is 2.53 bits per heavy atom. The number of carbonyl (C=O) groups is 1. The highest BCUT2D eigenvalue weighted by Crippen LogP contribution is 2.22. The van der Waals surface area contributed by atoms with Gasteiger partial charge in [-0.2, -0.15) is 0 Å². The van der Waals surface area contributed by atoms with E-state index in [1.165, 1.54) is 31.0 Å². The number of aliphatic carboxylic acids is 1. The van der Waals surface area contributed by atoms with Crippen molar-refractivity contribution in [3.05, 3.63) is 0 Å². The van der Waals surface area contributed by atoms with Gasteiger partial charge in [0.1, 0.15) is 9.57 Å². The first kappa shape index (κ1) is 12.8. The topological polar surface area (TPSA) is 40.5 Å². The molecule has 1 atom stereocenters. The summed E-state index contributed by atoms with van der Waals surface area (Å²) in [6.45, 7) is 3.86. The maximum Gasteiger partial charge on any atom is 0.317 e. The van der Waals surface area contributed by atoms with Crippen molar-refractivity contribution in [2.75, 3.05) is 13.1 Å². The fraction of sp³-hybridized carbons (Fsp3) is 0.800. The molecule has 0 aromatic rings. The van der Waals surface area contributed by atoms with Gasteiger partial charge in [0, 0.05) is 13.1 Å². The van der Waals surface area contributed by atoms with Crippen LogP contribution >= 0.6 is 24.0 Å². The zero-order valence-corrected chi connectivity index (χ0v) is 10.6. The molecule has 1 fully saturated rings. The van der Waals surface area contributed by atoms with Crippen LogP contribution in [0.2, 0.25) is 0 Å². The summed E-state index contributed by atoms with van der Waals surface area (Å²) in [5, 5.41) is 8.53. The normalized spacial score (nSPS) is 18.6. The average molecular weight is 247 g/mol. The van der Waals surface area contributed by atoms with Gasteiger partial charge in [0.05, 0.1) is 0 Å². The Bertz CT molecular complexity index is 240. The molecule has 1 rings (SSSR count). The number of hydrogen-bond donors (Lipinski definition) is 1. The van der Waals surface area contributed by atoms with E-state index in [1.54, 1.807) is 0 Å². The van der Waals surface area contributed by atoms with E-state index in [4.69, 9.17) is 17.3 Å². The summed E-state index contributed by atoms with van der Waals surface area (Å²) in [4.78, 5) is 13.0. The van der Waals surface area contributed by atoms with Crippen LogP contribution in [0, 0.1) is 0 Å². The van der Waals surface area contributed by atoms with Crippen molar-refractivity contribution in [1.82, 2.24) is 4.90 Å². The van der Waals surface area contributed by atoms with Crippen LogP contribution in [0.15, 0.2) is 0 Å². The van der Waals surface area contributed by atoms with Crippen LogP contribution in [0.1, 0.15) is 32.6 Å². The predicted octanol–water partition coefficient (Wildman–Crippen LogP) is 2.35. The summed E-state index contributed by atoms with van der Waals surface area (Å²) in [6, 6.07) is 0. The lowest BCUT2D eigenvalue weighted by atomic mass is 10.1. The van der Waals surface area contributed by atoms with E-state index in [1.807, 2.05) is 6.92 Å². The van der Waals surface area contributed by atoms with E-state index in [0.717, 1.165) is 17.4 Å². The Hall–Kier alpha value is -0.290. The fourth-order valence-corrected chi connectivity index (χ4v) is 2.95. The largest absolute Gasteiger partial charge is 0.480 e. The van der Waals surface area contributed by atoms with Gasteiger partial charge in [0.25, 0.3) is 0 Å². The second-order valence-corrected chi connectivity index (χ2v) is 5.50. The molecule has 0 radical (unpaired) electrons. The number of piperidine rings is 1. The molecule has 0 bridgehead atoms. The highest BCUT2D eigenvalue weighted by Gasteiger charge is 2.21. The molecular weight excluding hydrogens is 230 g/mol. The van der Waals surface area contributed by atoms with Crippen molar-refractivity contribution in [2.24, 2.45) is 0 Å². The Morgan fingerprint density at radius 2 is 2.07 bits per heavy atom. The van der Waals surface area contributed by atoms with Gasteiger partial charge in [-0.1, -0.05) is 30.9 Å². The Kier molecular flexibility index (Phi) is 5.39. The summed E-state index contributed by atoms with van der Waals surface area (Å²) >= 11 is 6.58. The molecule has 5 heteroatoms. The van der Waals surface area contributed by atoms with Gasteiger partial charge < -0.3 is 10.0 Å².